The topological polar surface area (TPSA) is 97.6 Å². The molecular formula is C26H33N5O4S. The standard InChI is InChI=1S/C26H33N5O4S/c1-17-6-10-20(11-7-17)36(33,34)31-15-21(19-8-9-19)22-23(27-16-28-24(22)31)30-13-12-29(14-18(30)2)25(32)35-26(3,4)5/h6-7,10-11,15-16,18-19H,8-9,12-14H2,1-5H3/t18-/m1/s1. The molecular weight excluding hydrogens is 478 g/mol. The largest absolute Gasteiger partial charge is 0.444 e. The van der Waals surface area contributed by atoms with Crippen molar-refractivity contribution in [2.24, 2.45) is 0 Å². The van der Waals surface area contributed by atoms with Gasteiger partial charge >= 0.3 is 6.09 Å². The monoisotopic (exact) mass is 511 g/mol. The Hall–Kier alpha value is -3.14. The van der Waals surface area contributed by atoms with Gasteiger partial charge in [0.2, 0.25) is 0 Å². The fraction of sp³-hybridized carbons (Fsp3) is 0.500. The van der Waals surface area contributed by atoms with Crippen molar-refractivity contribution < 1.29 is 17.9 Å². The van der Waals surface area contributed by atoms with Crippen LogP contribution in [0.15, 0.2) is 41.7 Å². The van der Waals surface area contributed by atoms with Crippen molar-refractivity contribution in [1.29, 1.82) is 0 Å². The molecule has 10 heteroatoms. The van der Waals surface area contributed by atoms with Crippen LogP contribution >= 0.6 is 0 Å². The van der Waals surface area contributed by atoms with Crippen LogP contribution in [0, 0.1) is 6.92 Å². The predicted octanol–water partition coefficient (Wildman–Crippen LogP) is 4.30. The molecule has 1 aromatic carbocycles. The Morgan fingerprint density at radius 2 is 1.78 bits per heavy atom. The Morgan fingerprint density at radius 3 is 2.39 bits per heavy atom. The van der Waals surface area contributed by atoms with Gasteiger partial charge in [0.05, 0.1) is 10.3 Å². The summed E-state index contributed by atoms with van der Waals surface area (Å²) in [6.07, 6.45) is 4.87. The SMILES string of the molecule is Cc1ccc(S(=O)(=O)n2cc(C3CC3)c3c(N4CCN(C(=O)OC(C)(C)C)C[C@H]4C)ncnc32)cc1. The lowest BCUT2D eigenvalue weighted by molar-refractivity contribution is 0.0218. The summed E-state index contributed by atoms with van der Waals surface area (Å²) in [6, 6.07) is 6.83. The second-order valence-electron chi connectivity index (χ2n) is 10.8. The lowest BCUT2D eigenvalue weighted by Crippen LogP contribution is -2.54. The minimum atomic E-state index is -3.83. The zero-order valence-electron chi connectivity index (χ0n) is 21.4. The Morgan fingerprint density at radius 1 is 1.08 bits per heavy atom. The molecule has 0 radical (unpaired) electrons. The van der Waals surface area contributed by atoms with Gasteiger partial charge in [-0.05, 0) is 71.1 Å². The summed E-state index contributed by atoms with van der Waals surface area (Å²) >= 11 is 0. The Kier molecular flexibility index (Phi) is 5.97. The highest BCUT2D eigenvalue weighted by Crippen LogP contribution is 2.46. The number of ether oxygens (including phenoxy) is 1. The van der Waals surface area contributed by atoms with E-state index in [0.29, 0.717) is 31.2 Å². The van der Waals surface area contributed by atoms with Crippen LogP contribution in [0.1, 0.15) is 57.6 Å². The normalized spacial score (nSPS) is 19.1. The zero-order valence-corrected chi connectivity index (χ0v) is 22.2. The lowest BCUT2D eigenvalue weighted by Gasteiger charge is -2.41. The number of fused-ring (bicyclic) bond motifs is 1. The van der Waals surface area contributed by atoms with Crippen molar-refractivity contribution in [3.63, 3.8) is 0 Å². The molecule has 1 saturated heterocycles. The maximum Gasteiger partial charge on any atom is 0.410 e. The Bertz CT molecular complexity index is 1400. The van der Waals surface area contributed by atoms with Gasteiger partial charge in [-0.3, -0.25) is 0 Å². The van der Waals surface area contributed by atoms with E-state index in [2.05, 4.69) is 14.9 Å². The summed E-state index contributed by atoms with van der Waals surface area (Å²) in [4.78, 5) is 25.8. The van der Waals surface area contributed by atoms with Gasteiger partial charge in [0.1, 0.15) is 17.7 Å². The van der Waals surface area contributed by atoms with Crippen LogP contribution in [0.5, 0.6) is 0 Å². The van der Waals surface area contributed by atoms with Crippen molar-refractivity contribution in [1.82, 2.24) is 18.8 Å². The van der Waals surface area contributed by atoms with E-state index in [1.54, 1.807) is 35.4 Å². The molecule has 0 N–H and O–H groups in total. The quantitative estimate of drug-likeness (QED) is 0.515. The van der Waals surface area contributed by atoms with E-state index >= 15 is 0 Å². The summed E-state index contributed by atoms with van der Waals surface area (Å²) < 4.78 is 34.1. The third-order valence-corrected chi connectivity index (χ3v) is 8.37. The molecule has 192 valence electrons. The lowest BCUT2D eigenvalue weighted by atomic mass is 10.1. The van der Waals surface area contributed by atoms with Gasteiger partial charge in [-0.15, -0.1) is 0 Å². The van der Waals surface area contributed by atoms with Crippen molar-refractivity contribution in [2.45, 2.75) is 69.9 Å². The molecule has 3 aromatic rings. The molecule has 0 bridgehead atoms. The molecule has 2 fully saturated rings. The van der Waals surface area contributed by atoms with Crippen molar-refractivity contribution in [3.8, 4) is 0 Å². The highest BCUT2D eigenvalue weighted by atomic mass is 32.2. The van der Waals surface area contributed by atoms with Gasteiger partial charge in [-0.25, -0.2) is 27.2 Å². The highest BCUT2D eigenvalue weighted by molar-refractivity contribution is 7.90. The van der Waals surface area contributed by atoms with Gasteiger partial charge < -0.3 is 14.5 Å². The maximum absolute atomic E-state index is 13.6. The van der Waals surface area contributed by atoms with E-state index in [-0.39, 0.29) is 17.0 Å². The molecule has 1 amide bonds. The molecule has 0 unspecified atom stereocenters. The van der Waals surface area contributed by atoms with Crippen molar-refractivity contribution in [3.05, 3.63) is 47.9 Å². The van der Waals surface area contributed by atoms with Gasteiger partial charge in [-0.2, -0.15) is 0 Å². The number of carbonyl (C=O) groups is 1. The van der Waals surface area contributed by atoms with E-state index in [1.807, 2.05) is 34.6 Å². The molecule has 1 aliphatic carbocycles. The fourth-order valence-electron chi connectivity index (χ4n) is 4.74. The van der Waals surface area contributed by atoms with Crippen LogP contribution in [0.25, 0.3) is 11.0 Å². The Balaban J connectivity index is 1.53. The summed E-state index contributed by atoms with van der Waals surface area (Å²) in [5.74, 6) is 1.01. The number of rotatable bonds is 4. The van der Waals surface area contributed by atoms with Crippen LogP contribution in [-0.2, 0) is 14.8 Å². The highest BCUT2D eigenvalue weighted by Gasteiger charge is 2.36. The molecule has 5 rings (SSSR count). The number of anilines is 1. The molecule has 1 atom stereocenters. The minimum absolute atomic E-state index is 0.0338. The molecule has 0 spiro atoms. The van der Waals surface area contributed by atoms with E-state index in [4.69, 9.17) is 4.74 Å². The second-order valence-corrected chi connectivity index (χ2v) is 12.7. The van der Waals surface area contributed by atoms with Crippen LogP contribution in [0.2, 0.25) is 0 Å². The molecule has 1 aliphatic heterocycles. The van der Waals surface area contributed by atoms with E-state index in [9.17, 15) is 13.2 Å². The molecule has 1 saturated carbocycles. The summed E-state index contributed by atoms with van der Waals surface area (Å²) in [5, 5.41) is 0.785. The number of piperazine rings is 1. The smallest absolute Gasteiger partial charge is 0.410 e. The van der Waals surface area contributed by atoms with E-state index in [0.717, 1.165) is 35.2 Å². The average Bonchev–Trinajstić information content (AvgIpc) is 3.57. The summed E-state index contributed by atoms with van der Waals surface area (Å²) in [7, 11) is -3.83. The molecule has 2 aliphatic rings. The fourth-order valence-corrected chi connectivity index (χ4v) is 6.06. The molecule has 3 heterocycles. The number of benzene rings is 1. The van der Waals surface area contributed by atoms with Gasteiger partial charge in [0.15, 0.2) is 5.65 Å². The number of hydrogen-bond donors (Lipinski definition) is 0. The third-order valence-electron chi connectivity index (χ3n) is 6.71. The zero-order chi connectivity index (χ0) is 25.8. The van der Waals surface area contributed by atoms with Crippen LogP contribution in [0.3, 0.4) is 0 Å². The van der Waals surface area contributed by atoms with Crippen molar-refractivity contribution in [2.75, 3.05) is 24.5 Å². The number of amides is 1. The van der Waals surface area contributed by atoms with Gasteiger partial charge in [-0.1, -0.05) is 17.7 Å². The molecule has 9 nitrogen and oxygen atoms in total. The number of carbonyl (C=O) groups excluding carboxylic acids is 1. The van der Waals surface area contributed by atoms with Crippen molar-refractivity contribution >= 4 is 33.0 Å². The number of aromatic nitrogens is 3. The van der Waals surface area contributed by atoms with Crippen LogP contribution in [0.4, 0.5) is 10.6 Å². The number of hydrogen-bond acceptors (Lipinski definition) is 7. The average molecular weight is 512 g/mol. The predicted molar refractivity (Wildman–Crippen MR) is 138 cm³/mol. The van der Waals surface area contributed by atoms with Crippen LogP contribution in [-0.4, -0.2) is 64.6 Å². The second kappa shape index (κ2) is 8.76. The first-order valence-electron chi connectivity index (χ1n) is 12.4. The van der Waals surface area contributed by atoms with Gasteiger partial charge in [0, 0.05) is 31.9 Å². The summed E-state index contributed by atoms with van der Waals surface area (Å²) in [5.41, 5.74) is 1.80. The summed E-state index contributed by atoms with van der Waals surface area (Å²) in [6.45, 7) is 11.1. The first kappa shape index (κ1) is 24.5. The molecule has 2 aromatic heterocycles. The van der Waals surface area contributed by atoms with Gasteiger partial charge in [0.25, 0.3) is 10.0 Å². The molecule has 36 heavy (non-hydrogen) atoms. The maximum atomic E-state index is 13.6. The minimum Gasteiger partial charge on any atom is -0.444 e. The first-order valence-corrected chi connectivity index (χ1v) is 13.8. The van der Waals surface area contributed by atoms with E-state index in [1.165, 1.54) is 10.3 Å². The third kappa shape index (κ3) is 4.54. The number of nitrogens with zero attached hydrogens (tertiary/aromatic N) is 5. The van der Waals surface area contributed by atoms with Crippen LogP contribution < -0.4 is 4.90 Å². The van der Waals surface area contributed by atoms with E-state index < -0.39 is 15.6 Å². The number of aryl methyl sites for hydroxylation is 1. The first-order chi connectivity index (χ1) is 17.0. The Labute approximate surface area is 212 Å².